The molecule has 1 atom stereocenters. The number of rotatable bonds is 2. The van der Waals surface area contributed by atoms with Crippen LogP contribution in [-0.4, -0.2) is 33.2 Å². The highest BCUT2D eigenvalue weighted by Gasteiger charge is 2.23. The molecule has 2 aromatic rings. The Balaban J connectivity index is 1.79. The minimum atomic E-state index is -0.321. The molecule has 0 bridgehead atoms. The van der Waals surface area contributed by atoms with Gasteiger partial charge in [0.15, 0.2) is 5.65 Å². The third-order valence-electron chi connectivity index (χ3n) is 2.93. The Morgan fingerprint density at radius 3 is 3.22 bits per heavy atom. The maximum atomic E-state index is 11.9. The summed E-state index contributed by atoms with van der Waals surface area (Å²) in [6.45, 7) is 2.50. The standard InChI is InChI=1S/C12H14N4O2/c1-8-13-11-5-4-9(7-16(11)15-8)14-12(17)10-3-2-6-18-10/h4-5,7,10H,2-3,6H2,1H3,(H,14,17). The van der Waals surface area contributed by atoms with Crippen LogP contribution in [0.15, 0.2) is 18.3 Å². The third-order valence-corrected chi connectivity index (χ3v) is 2.93. The van der Waals surface area contributed by atoms with E-state index in [4.69, 9.17) is 4.74 Å². The number of carbonyl (C=O) groups is 1. The van der Waals surface area contributed by atoms with Gasteiger partial charge in [0.1, 0.15) is 11.9 Å². The molecule has 1 aliphatic heterocycles. The van der Waals surface area contributed by atoms with Crippen molar-refractivity contribution in [1.82, 2.24) is 14.6 Å². The molecule has 6 heteroatoms. The molecule has 0 aromatic carbocycles. The molecular formula is C12H14N4O2. The molecule has 1 N–H and O–H groups in total. The van der Waals surface area contributed by atoms with Crippen LogP contribution < -0.4 is 5.32 Å². The summed E-state index contributed by atoms with van der Waals surface area (Å²) in [5.74, 6) is 0.612. The number of aromatic nitrogens is 3. The second-order valence-corrected chi connectivity index (χ2v) is 4.37. The molecule has 3 heterocycles. The summed E-state index contributed by atoms with van der Waals surface area (Å²) in [5.41, 5.74) is 1.47. The number of pyridine rings is 1. The first-order valence-corrected chi connectivity index (χ1v) is 5.98. The first kappa shape index (κ1) is 11.2. The molecule has 0 spiro atoms. The van der Waals surface area contributed by atoms with Crippen LogP contribution in [0.25, 0.3) is 5.65 Å². The van der Waals surface area contributed by atoms with E-state index < -0.39 is 0 Å². The van der Waals surface area contributed by atoms with Gasteiger partial charge >= 0.3 is 0 Å². The summed E-state index contributed by atoms with van der Waals surface area (Å²) >= 11 is 0. The normalized spacial score (nSPS) is 19.3. The first-order valence-electron chi connectivity index (χ1n) is 5.98. The van der Waals surface area contributed by atoms with Gasteiger partial charge in [0.2, 0.25) is 0 Å². The smallest absolute Gasteiger partial charge is 0.253 e. The predicted molar refractivity (Wildman–Crippen MR) is 65.3 cm³/mol. The quantitative estimate of drug-likeness (QED) is 0.863. The summed E-state index contributed by atoms with van der Waals surface area (Å²) in [5, 5.41) is 7.03. The van der Waals surface area contributed by atoms with Crippen molar-refractivity contribution in [3.05, 3.63) is 24.2 Å². The van der Waals surface area contributed by atoms with Crippen molar-refractivity contribution in [3.8, 4) is 0 Å². The molecular weight excluding hydrogens is 232 g/mol. The van der Waals surface area contributed by atoms with Crippen LogP contribution in [0.3, 0.4) is 0 Å². The molecule has 1 fully saturated rings. The molecule has 94 valence electrons. The topological polar surface area (TPSA) is 68.5 Å². The maximum absolute atomic E-state index is 11.9. The van der Waals surface area contributed by atoms with Crippen LogP contribution in [0.2, 0.25) is 0 Å². The summed E-state index contributed by atoms with van der Waals surface area (Å²) in [6, 6.07) is 3.64. The number of aryl methyl sites for hydroxylation is 1. The van der Waals surface area contributed by atoms with Crippen LogP contribution >= 0.6 is 0 Å². The Morgan fingerprint density at radius 2 is 2.44 bits per heavy atom. The van der Waals surface area contributed by atoms with Gasteiger partial charge in [0.05, 0.1) is 11.9 Å². The first-order chi connectivity index (χ1) is 8.72. The third kappa shape index (κ3) is 2.06. The molecule has 3 rings (SSSR count). The Labute approximate surface area is 104 Å². The zero-order valence-corrected chi connectivity index (χ0v) is 10.1. The van der Waals surface area contributed by atoms with Crippen molar-refractivity contribution in [2.24, 2.45) is 0 Å². The summed E-state index contributed by atoms with van der Waals surface area (Å²) in [4.78, 5) is 16.1. The zero-order valence-electron chi connectivity index (χ0n) is 10.1. The molecule has 2 aromatic heterocycles. The molecule has 0 saturated carbocycles. The highest BCUT2D eigenvalue weighted by atomic mass is 16.5. The Kier molecular flexibility index (Phi) is 2.71. The van der Waals surface area contributed by atoms with E-state index in [0.717, 1.165) is 18.5 Å². The number of amides is 1. The fraction of sp³-hybridized carbons (Fsp3) is 0.417. The second kappa shape index (κ2) is 4.38. The monoisotopic (exact) mass is 246 g/mol. The van der Waals surface area contributed by atoms with E-state index in [1.165, 1.54) is 0 Å². The van der Waals surface area contributed by atoms with Crippen molar-refractivity contribution < 1.29 is 9.53 Å². The lowest BCUT2D eigenvalue weighted by Crippen LogP contribution is -2.26. The molecule has 1 amide bonds. The van der Waals surface area contributed by atoms with Gasteiger partial charge in [0, 0.05) is 6.61 Å². The lowest BCUT2D eigenvalue weighted by molar-refractivity contribution is -0.124. The van der Waals surface area contributed by atoms with Gasteiger partial charge in [-0.15, -0.1) is 0 Å². The highest BCUT2D eigenvalue weighted by molar-refractivity contribution is 5.94. The minimum Gasteiger partial charge on any atom is -0.368 e. The molecule has 0 aliphatic carbocycles. The van der Waals surface area contributed by atoms with E-state index in [-0.39, 0.29) is 12.0 Å². The van der Waals surface area contributed by atoms with Gasteiger partial charge in [0.25, 0.3) is 5.91 Å². The number of anilines is 1. The summed E-state index contributed by atoms with van der Waals surface area (Å²) in [6.07, 6.45) is 3.16. The number of hydrogen-bond donors (Lipinski definition) is 1. The van der Waals surface area contributed by atoms with E-state index in [1.54, 1.807) is 10.7 Å². The number of fused-ring (bicyclic) bond motifs is 1. The molecule has 6 nitrogen and oxygen atoms in total. The van der Waals surface area contributed by atoms with Crippen LogP contribution in [0.1, 0.15) is 18.7 Å². The number of nitrogens with zero attached hydrogens (tertiary/aromatic N) is 3. The Morgan fingerprint density at radius 1 is 1.56 bits per heavy atom. The van der Waals surface area contributed by atoms with Crippen LogP contribution in [0.4, 0.5) is 5.69 Å². The molecule has 18 heavy (non-hydrogen) atoms. The van der Waals surface area contributed by atoms with E-state index in [1.807, 2.05) is 19.1 Å². The largest absolute Gasteiger partial charge is 0.368 e. The van der Waals surface area contributed by atoms with Gasteiger partial charge < -0.3 is 10.1 Å². The Bertz CT molecular complexity index is 587. The highest BCUT2D eigenvalue weighted by Crippen LogP contribution is 2.15. The van der Waals surface area contributed by atoms with Gasteiger partial charge in [-0.1, -0.05) is 0 Å². The van der Waals surface area contributed by atoms with Crippen molar-refractivity contribution in [1.29, 1.82) is 0 Å². The SMILES string of the molecule is Cc1nc2ccc(NC(=O)C3CCCO3)cn2n1. The van der Waals surface area contributed by atoms with Crippen LogP contribution in [0.5, 0.6) is 0 Å². The number of nitrogens with one attached hydrogen (secondary N) is 1. The van der Waals surface area contributed by atoms with E-state index in [9.17, 15) is 4.79 Å². The van der Waals surface area contributed by atoms with Crippen molar-refractivity contribution in [3.63, 3.8) is 0 Å². The van der Waals surface area contributed by atoms with E-state index >= 15 is 0 Å². The fourth-order valence-corrected chi connectivity index (χ4v) is 2.08. The molecule has 1 aliphatic rings. The van der Waals surface area contributed by atoms with Crippen LogP contribution in [-0.2, 0) is 9.53 Å². The molecule has 1 unspecified atom stereocenters. The second-order valence-electron chi connectivity index (χ2n) is 4.37. The van der Waals surface area contributed by atoms with Gasteiger partial charge in [-0.2, -0.15) is 5.10 Å². The summed E-state index contributed by atoms with van der Waals surface area (Å²) < 4.78 is 6.98. The van der Waals surface area contributed by atoms with Crippen molar-refractivity contribution in [2.45, 2.75) is 25.9 Å². The summed E-state index contributed by atoms with van der Waals surface area (Å²) in [7, 11) is 0. The van der Waals surface area contributed by atoms with E-state index in [0.29, 0.717) is 18.1 Å². The Hall–Kier alpha value is -1.95. The lowest BCUT2D eigenvalue weighted by Gasteiger charge is -2.10. The van der Waals surface area contributed by atoms with Gasteiger partial charge in [-0.25, -0.2) is 9.50 Å². The number of ether oxygens (including phenoxy) is 1. The number of carbonyl (C=O) groups excluding carboxylic acids is 1. The predicted octanol–water partition coefficient (Wildman–Crippen LogP) is 1.16. The number of hydrogen-bond acceptors (Lipinski definition) is 4. The zero-order chi connectivity index (χ0) is 12.5. The average Bonchev–Trinajstić information content (AvgIpc) is 2.95. The fourth-order valence-electron chi connectivity index (χ4n) is 2.08. The molecule has 0 radical (unpaired) electrons. The van der Waals surface area contributed by atoms with Gasteiger partial charge in [-0.3, -0.25) is 4.79 Å². The van der Waals surface area contributed by atoms with Crippen LogP contribution in [0, 0.1) is 6.92 Å². The minimum absolute atomic E-state index is 0.0938. The van der Waals surface area contributed by atoms with E-state index in [2.05, 4.69) is 15.4 Å². The maximum Gasteiger partial charge on any atom is 0.253 e. The van der Waals surface area contributed by atoms with Crippen molar-refractivity contribution in [2.75, 3.05) is 11.9 Å². The van der Waals surface area contributed by atoms with Gasteiger partial charge in [-0.05, 0) is 31.9 Å². The lowest BCUT2D eigenvalue weighted by atomic mass is 10.2. The van der Waals surface area contributed by atoms with Crippen molar-refractivity contribution >= 4 is 17.2 Å². The average molecular weight is 246 g/mol. The molecule has 1 saturated heterocycles.